The number of rotatable bonds is 3. The number of aryl methyl sites for hydroxylation is 1. The third-order valence-electron chi connectivity index (χ3n) is 4.28. The van der Waals surface area contributed by atoms with Gasteiger partial charge in [-0.2, -0.15) is 5.10 Å². The van der Waals surface area contributed by atoms with E-state index in [1.165, 1.54) is 24.1 Å². The summed E-state index contributed by atoms with van der Waals surface area (Å²) in [6.45, 7) is 12.0. The fourth-order valence-corrected chi connectivity index (χ4v) is 3.32. The SMILES string of the molecule is CC1CCCN(C(CN)c2cn(C)nc2C(C)(C)C)C1. The number of hydrogen-bond acceptors (Lipinski definition) is 3. The zero-order valence-electron chi connectivity index (χ0n) is 13.7. The Kier molecular flexibility index (Phi) is 4.55. The molecule has 0 aliphatic carbocycles. The zero-order chi connectivity index (χ0) is 14.9. The van der Waals surface area contributed by atoms with Gasteiger partial charge in [-0.05, 0) is 25.3 Å². The Hall–Kier alpha value is -0.870. The molecule has 1 aromatic heterocycles. The summed E-state index contributed by atoms with van der Waals surface area (Å²) in [6, 6.07) is 0.306. The molecule has 2 rings (SSSR count). The van der Waals surface area contributed by atoms with Crippen LogP contribution < -0.4 is 5.73 Å². The van der Waals surface area contributed by atoms with Gasteiger partial charge in [-0.15, -0.1) is 0 Å². The van der Waals surface area contributed by atoms with Crippen molar-refractivity contribution in [2.75, 3.05) is 19.6 Å². The van der Waals surface area contributed by atoms with Crippen molar-refractivity contribution in [2.24, 2.45) is 18.7 Å². The molecule has 2 unspecified atom stereocenters. The molecule has 20 heavy (non-hydrogen) atoms. The molecule has 0 spiro atoms. The van der Waals surface area contributed by atoms with Gasteiger partial charge in [-0.1, -0.05) is 27.7 Å². The Morgan fingerprint density at radius 2 is 2.15 bits per heavy atom. The number of hydrogen-bond donors (Lipinski definition) is 1. The Labute approximate surface area is 123 Å². The third kappa shape index (κ3) is 3.23. The van der Waals surface area contributed by atoms with Crippen molar-refractivity contribution in [1.29, 1.82) is 0 Å². The lowest BCUT2D eigenvalue weighted by Gasteiger charge is -2.37. The van der Waals surface area contributed by atoms with Crippen LogP contribution in [0.15, 0.2) is 6.20 Å². The number of likely N-dealkylation sites (tertiary alicyclic amines) is 1. The zero-order valence-corrected chi connectivity index (χ0v) is 13.7. The first-order chi connectivity index (χ1) is 9.32. The minimum Gasteiger partial charge on any atom is -0.329 e. The monoisotopic (exact) mass is 278 g/mol. The molecule has 0 saturated carbocycles. The van der Waals surface area contributed by atoms with Crippen LogP contribution in [0.25, 0.3) is 0 Å². The molecule has 1 aliphatic heterocycles. The molecule has 0 bridgehead atoms. The van der Waals surface area contributed by atoms with Crippen molar-refractivity contribution in [3.63, 3.8) is 0 Å². The van der Waals surface area contributed by atoms with E-state index in [-0.39, 0.29) is 5.41 Å². The summed E-state index contributed by atoms with van der Waals surface area (Å²) in [5, 5.41) is 4.70. The van der Waals surface area contributed by atoms with Gasteiger partial charge < -0.3 is 5.73 Å². The number of nitrogens with two attached hydrogens (primary N) is 1. The van der Waals surface area contributed by atoms with Crippen LogP contribution in [-0.2, 0) is 12.5 Å². The van der Waals surface area contributed by atoms with Gasteiger partial charge in [0.2, 0.25) is 0 Å². The molecular formula is C16H30N4. The largest absolute Gasteiger partial charge is 0.329 e. The van der Waals surface area contributed by atoms with Crippen LogP contribution in [0, 0.1) is 5.92 Å². The molecule has 0 aromatic carbocycles. The average molecular weight is 278 g/mol. The van der Waals surface area contributed by atoms with E-state index in [1.54, 1.807) is 0 Å². The van der Waals surface area contributed by atoms with E-state index in [9.17, 15) is 0 Å². The van der Waals surface area contributed by atoms with Crippen LogP contribution in [0.3, 0.4) is 0 Å². The molecule has 0 amide bonds. The standard InChI is InChI=1S/C16H30N4/c1-12-7-6-8-20(10-12)14(9-17)13-11-19(5)18-15(13)16(2,3)4/h11-12,14H,6-10,17H2,1-5H3. The highest BCUT2D eigenvalue weighted by atomic mass is 15.3. The fraction of sp³-hybridized carbons (Fsp3) is 0.812. The van der Waals surface area contributed by atoms with Gasteiger partial charge in [0.15, 0.2) is 0 Å². The highest BCUT2D eigenvalue weighted by Crippen LogP contribution is 2.32. The second kappa shape index (κ2) is 5.86. The molecule has 4 nitrogen and oxygen atoms in total. The van der Waals surface area contributed by atoms with E-state index in [0.29, 0.717) is 12.6 Å². The lowest BCUT2D eigenvalue weighted by atomic mass is 9.86. The first-order valence-corrected chi connectivity index (χ1v) is 7.81. The maximum atomic E-state index is 6.12. The quantitative estimate of drug-likeness (QED) is 0.924. The average Bonchev–Trinajstić information content (AvgIpc) is 2.72. The van der Waals surface area contributed by atoms with Crippen LogP contribution in [0.5, 0.6) is 0 Å². The second-order valence-corrected chi connectivity index (χ2v) is 7.35. The molecule has 1 aliphatic rings. The number of piperidine rings is 1. The summed E-state index contributed by atoms with van der Waals surface area (Å²) in [5.41, 5.74) is 8.69. The van der Waals surface area contributed by atoms with Crippen LogP contribution in [-0.4, -0.2) is 34.3 Å². The van der Waals surface area contributed by atoms with Gasteiger partial charge in [-0.25, -0.2) is 0 Å². The summed E-state index contributed by atoms with van der Waals surface area (Å²) in [4.78, 5) is 2.56. The molecule has 1 fully saturated rings. The van der Waals surface area contributed by atoms with Crippen molar-refractivity contribution in [3.8, 4) is 0 Å². The van der Waals surface area contributed by atoms with E-state index < -0.39 is 0 Å². The molecule has 2 N–H and O–H groups in total. The minimum atomic E-state index is 0.0609. The predicted molar refractivity (Wildman–Crippen MR) is 83.7 cm³/mol. The van der Waals surface area contributed by atoms with Crippen LogP contribution in [0.1, 0.15) is 57.8 Å². The van der Waals surface area contributed by atoms with E-state index in [0.717, 1.165) is 19.0 Å². The molecule has 4 heteroatoms. The normalized spacial score (nSPS) is 23.0. The maximum absolute atomic E-state index is 6.12. The number of aromatic nitrogens is 2. The van der Waals surface area contributed by atoms with Gasteiger partial charge in [-0.3, -0.25) is 9.58 Å². The van der Waals surface area contributed by atoms with Gasteiger partial charge in [0, 0.05) is 37.3 Å². The summed E-state index contributed by atoms with van der Waals surface area (Å²) < 4.78 is 1.94. The van der Waals surface area contributed by atoms with Gasteiger partial charge >= 0.3 is 0 Å². The molecule has 114 valence electrons. The maximum Gasteiger partial charge on any atom is 0.0726 e. The van der Waals surface area contributed by atoms with Crippen molar-refractivity contribution in [1.82, 2.24) is 14.7 Å². The molecular weight excluding hydrogens is 248 g/mol. The molecule has 1 saturated heterocycles. The second-order valence-electron chi connectivity index (χ2n) is 7.35. The van der Waals surface area contributed by atoms with Crippen molar-refractivity contribution < 1.29 is 0 Å². The topological polar surface area (TPSA) is 47.1 Å². The van der Waals surface area contributed by atoms with E-state index in [2.05, 4.69) is 38.8 Å². The molecule has 2 atom stereocenters. The number of nitrogens with zero attached hydrogens (tertiary/aromatic N) is 3. The lowest BCUT2D eigenvalue weighted by Crippen LogP contribution is -2.41. The lowest BCUT2D eigenvalue weighted by molar-refractivity contribution is 0.132. The molecule has 0 radical (unpaired) electrons. The summed E-state index contributed by atoms with van der Waals surface area (Å²) in [5.74, 6) is 0.771. The van der Waals surface area contributed by atoms with Gasteiger partial charge in [0.1, 0.15) is 0 Å². The predicted octanol–water partition coefficient (Wildman–Crippen LogP) is 2.45. The Morgan fingerprint density at radius 1 is 1.45 bits per heavy atom. The summed E-state index contributed by atoms with van der Waals surface area (Å²) in [7, 11) is 2.01. The van der Waals surface area contributed by atoms with Gasteiger partial charge in [0.05, 0.1) is 11.7 Å². The molecule has 1 aromatic rings. The smallest absolute Gasteiger partial charge is 0.0726 e. The van der Waals surface area contributed by atoms with Crippen LogP contribution in [0.4, 0.5) is 0 Å². The van der Waals surface area contributed by atoms with E-state index in [1.807, 2.05) is 11.7 Å². The molecule has 2 heterocycles. The van der Waals surface area contributed by atoms with Crippen LogP contribution in [0.2, 0.25) is 0 Å². The Balaban J connectivity index is 2.32. The van der Waals surface area contributed by atoms with E-state index >= 15 is 0 Å². The summed E-state index contributed by atoms with van der Waals surface area (Å²) >= 11 is 0. The Morgan fingerprint density at radius 3 is 2.70 bits per heavy atom. The fourth-order valence-electron chi connectivity index (χ4n) is 3.32. The first-order valence-electron chi connectivity index (χ1n) is 7.81. The summed E-state index contributed by atoms with van der Waals surface area (Å²) in [6.07, 6.45) is 4.78. The first kappa shape index (κ1) is 15.5. The van der Waals surface area contributed by atoms with E-state index in [4.69, 9.17) is 10.8 Å². The Bertz CT molecular complexity index is 444. The third-order valence-corrected chi connectivity index (χ3v) is 4.28. The van der Waals surface area contributed by atoms with Crippen LogP contribution >= 0.6 is 0 Å². The highest BCUT2D eigenvalue weighted by molar-refractivity contribution is 5.28. The highest BCUT2D eigenvalue weighted by Gasteiger charge is 2.31. The van der Waals surface area contributed by atoms with Crippen molar-refractivity contribution >= 4 is 0 Å². The van der Waals surface area contributed by atoms with Crippen molar-refractivity contribution in [2.45, 2.75) is 52.0 Å². The van der Waals surface area contributed by atoms with Crippen molar-refractivity contribution in [3.05, 3.63) is 17.5 Å². The minimum absolute atomic E-state index is 0.0609. The van der Waals surface area contributed by atoms with Gasteiger partial charge in [0.25, 0.3) is 0 Å².